The van der Waals surface area contributed by atoms with E-state index in [4.69, 9.17) is 10.5 Å². The number of rotatable bonds is 4. The first-order valence-electron chi connectivity index (χ1n) is 7.95. The molecule has 1 aromatic heterocycles. The number of halogens is 1. The standard InChI is InChI=1S/C18H23FN2O4/c1-9-6-13-11(7-12(9)19)8-14(16(22)23)21(13)10(2)15(20)17(24)25-18(3,4)5/h6-8,10,15H,20H2,1-5H3,(H,22,23)/t10-,15-/m1/s1. The summed E-state index contributed by atoms with van der Waals surface area (Å²) >= 11 is 0. The lowest BCUT2D eigenvalue weighted by Crippen LogP contribution is -2.43. The molecule has 136 valence electrons. The second kappa shape index (κ2) is 6.48. The summed E-state index contributed by atoms with van der Waals surface area (Å²) in [6, 6.07) is 2.44. The van der Waals surface area contributed by atoms with Crippen LogP contribution < -0.4 is 5.73 Å². The third-order valence-electron chi connectivity index (χ3n) is 3.94. The van der Waals surface area contributed by atoms with Crippen LogP contribution in [-0.2, 0) is 9.53 Å². The largest absolute Gasteiger partial charge is 0.477 e. The molecule has 6 nitrogen and oxygen atoms in total. The molecule has 2 atom stereocenters. The van der Waals surface area contributed by atoms with Gasteiger partial charge in [0, 0.05) is 10.9 Å². The Morgan fingerprint density at radius 1 is 1.28 bits per heavy atom. The predicted octanol–water partition coefficient (Wildman–Crippen LogP) is 3.02. The van der Waals surface area contributed by atoms with Crippen molar-refractivity contribution < 1.29 is 23.8 Å². The van der Waals surface area contributed by atoms with Crippen molar-refractivity contribution in [1.82, 2.24) is 4.57 Å². The van der Waals surface area contributed by atoms with Crippen LogP contribution in [0.3, 0.4) is 0 Å². The molecule has 0 aliphatic rings. The van der Waals surface area contributed by atoms with Crippen LogP contribution in [0.4, 0.5) is 4.39 Å². The zero-order chi connectivity index (χ0) is 19.1. The molecule has 0 bridgehead atoms. The molecule has 2 aromatic rings. The molecule has 2 rings (SSSR count). The van der Waals surface area contributed by atoms with Crippen molar-refractivity contribution in [2.45, 2.75) is 52.3 Å². The van der Waals surface area contributed by atoms with Gasteiger partial charge in [0.25, 0.3) is 0 Å². The maximum Gasteiger partial charge on any atom is 0.352 e. The fourth-order valence-electron chi connectivity index (χ4n) is 2.68. The molecule has 0 spiro atoms. The Morgan fingerprint density at radius 2 is 1.88 bits per heavy atom. The Bertz CT molecular complexity index is 836. The van der Waals surface area contributed by atoms with Crippen molar-refractivity contribution in [3.63, 3.8) is 0 Å². The SMILES string of the molecule is Cc1cc2c(cc1F)cc(C(=O)O)n2[C@H](C)[C@@H](N)C(=O)OC(C)(C)C. The Kier molecular flexibility index (Phi) is 4.90. The minimum atomic E-state index is -1.18. The average molecular weight is 350 g/mol. The van der Waals surface area contributed by atoms with E-state index in [9.17, 15) is 19.1 Å². The number of hydrogen-bond acceptors (Lipinski definition) is 4. The Labute approximate surface area is 145 Å². The number of aromatic carboxylic acids is 1. The molecular formula is C18H23FN2O4. The van der Waals surface area contributed by atoms with E-state index >= 15 is 0 Å². The summed E-state index contributed by atoms with van der Waals surface area (Å²) in [5.74, 6) is -2.24. The summed E-state index contributed by atoms with van der Waals surface area (Å²) in [7, 11) is 0. The summed E-state index contributed by atoms with van der Waals surface area (Å²) in [6.45, 7) is 8.40. The van der Waals surface area contributed by atoms with Crippen LogP contribution in [0, 0.1) is 12.7 Å². The molecule has 25 heavy (non-hydrogen) atoms. The van der Waals surface area contributed by atoms with E-state index < -0.39 is 35.4 Å². The molecule has 1 aromatic carbocycles. The number of nitrogens with zero attached hydrogens (tertiary/aromatic N) is 1. The second-order valence-electron chi connectivity index (χ2n) is 7.16. The van der Waals surface area contributed by atoms with Gasteiger partial charge in [0.05, 0.1) is 6.04 Å². The number of carbonyl (C=O) groups is 2. The topological polar surface area (TPSA) is 94.5 Å². The quantitative estimate of drug-likeness (QED) is 0.827. The number of carbonyl (C=O) groups excluding carboxylic acids is 1. The minimum absolute atomic E-state index is 0.0634. The fraction of sp³-hybridized carbons (Fsp3) is 0.444. The number of ether oxygens (including phenoxy) is 1. The molecule has 0 radical (unpaired) electrons. The van der Waals surface area contributed by atoms with E-state index in [2.05, 4.69) is 0 Å². The van der Waals surface area contributed by atoms with Crippen molar-refractivity contribution in [2.24, 2.45) is 5.73 Å². The van der Waals surface area contributed by atoms with Crippen LogP contribution in [0.15, 0.2) is 18.2 Å². The number of esters is 1. The molecular weight excluding hydrogens is 327 g/mol. The van der Waals surface area contributed by atoms with Crippen LogP contribution in [0.2, 0.25) is 0 Å². The van der Waals surface area contributed by atoms with Crippen LogP contribution in [0.5, 0.6) is 0 Å². The summed E-state index contributed by atoms with van der Waals surface area (Å²) in [5, 5.41) is 9.92. The maximum absolute atomic E-state index is 13.8. The highest BCUT2D eigenvalue weighted by molar-refractivity contribution is 5.95. The minimum Gasteiger partial charge on any atom is -0.477 e. The van der Waals surface area contributed by atoms with Gasteiger partial charge in [-0.3, -0.25) is 4.79 Å². The van der Waals surface area contributed by atoms with Crippen LogP contribution >= 0.6 is 0 Å². The fourth-order valence-corrected chi connectivity index (χ4v) is 2.68. The molecule has 3 N–H and O–H groups in total. The molecule has 0 saturated carbocycles. The normalized spacial score (nSPS) is 14.4. The molecule has 7 heteroatoms. The number of nitrogens with two attached hydrogens (primary N) is 1. The zero-order valence-corrected chi connectivity index (χ0v) is 15.0. The number of aryl methyl sites for hydroxylation is 1. The van der Waals surface area contributed by atoms with Gasteiger partial charge in [-0.05, 0) is 58.4 Å². The number of carboxylic acids is 1. The first kappa shape index (κ1) is 18.9. The highest BCUT2D eigenvalue weighted by atomic mass is 19.1. The van der Waals surface area contributed by atoms with Gasteiger partial charge in [-0.25, -0.2) is 9.18 Å². The number of fused-ring (bicyclic) bond motifs is 1. The van der Waals surface area contributed by atoms with Crippen molar-refractivity contribution in [2.75, 3.05) is 0 Å². The smallest absolute Gasteiger partial charge is 0.352 e. The summed E-state index contributed by atoms with van der Waals surface area (Å²) in [5.41, 5.74) is 6.13. The van der Waals surface area contributed by atoms with E-state index in [1.54, 1.807) is 40.7 Å². The van der Waals surface area contributed by atoms with Gasteiger partial charge in [0.15, 0.2) is 0 Å². The van der Waals surface area contributed by atoms with Gasteiger partial charge in [0.2, 0.25) is 0 Å². The monoisotopic (exact) mass is 350 g/mol. The molecule has 0 aliphatic carbocycles. The lowest BCUT2D eigenvalue weighted by molar-refractivity contribution is -0.157. The van der Waals surface area contributed by atoms with E-state index in [1.165, 1.54) is 16.7 Å². The van der Waals surface area contributed by atoms with Gasteiger partial charge in [-0.1, -0.05) is 0 Å². The average Bonchev–Trinajstić information content (AvgIpc) is 2.83. The molecule has 0 amide bonds. The number of carboxylic acid groups (broad SMARTS) is 1. The van der Waals surface area contributed by atoms with E-state index in [0.717, 1.165) is 0 Å². The predicted molar refractivity (Wildman–Crippen MR) is 92.1 cm³/mol. The van der Waals surface area contributed by atoms with Crippen molar-refractivity contribution >= 4 is 22.8 Å². The molecule has 1 heterocycles. The summed E-state index contributed by atoms with van der Waals surface area (Å²) in [4.78, 5) is 23.9. The number of aromatic nitrogens is 1. The lowest BCUT2D eigenvalue weighted by Gasteiger charge is -2.27. The first-order valence-corrected chi connectivity index (χ1v) is 7.95. The van der Waals surface area contributed by atoms with Gasteiger partial charge < -0.3 is 20.1 Å². The number of hydrogen-bond donors (Lipinski definition) is 2. The number of benzene rings is 1. The maximum atomic E-state index is 13.8. The Balaban J connectivity index is 2.54. The van der Waals surface area contributed by atoms with E-state index in [0.29, 0.717) is 16.5 Å². The summed E-state index contributed by atoms with van der Waals surface area (Å²) in [6.07, 6.45) is 0. The van der Waals surface area contributed by atoms with Gasteiger partial charge in [-0.2, -0.15) is 0 Å². The zero-order valence-electron chi connectivity index (χ0n) is 15.0. The molecule has 0 unspecified atom stereocenters. The summed E-state index contributed by atoms with van der Waals surface area (Å²) < 4.78 is 20.5. The van der Waals surface area contributed by atoms with Crippen molar-refractivity contribution in [1.29, 1.82) is 0 Å². The van der Waals surface area contributed by atoms with Crippen LogP contribution in [-0.4, -0.2) is 33.3 Å². The lowest BCUT2D eigenvalue weighted by atomic mass is 10.1. The Morgan fingerprint density at radius 3 is 2.40 bits per heavy atom. The third kappa shape index (κ3) is 3.82. The highest BCUT2D eigenvalue weighted by Crippen LogP contribution is 2.28. The van der Waals surface area contributed by atoms with Crippen molar-refractivity contribution in [3.8, 4) is 0 Å². The van der Waals surface area contributed by atoms with E-state index in [1.807, 2.05) is 0 Å². The Hall–Kier alpha value is -2.41. The van der Waals surface area contributed by atoms with Gasteiger partial charge >= 0.3 is 11.9 Å². The van der Waals surface area contributed by atoms with Crippen LogP contribution in [0.25, 0.3) is 10.9 Å². The molecule has 0 saturated heterocycles. The molecule has 0 fully saturated rings. The first-order chi connectivity index (χ1) is 11.4. The highest BCUT2D eigenvalue weighted by Gasteiger charge is 2.30. The third-order valence-corrected chi connectivity index (χ3v) is 3.94. The van der Waals surface area contributed by atoms with Gasteiger partial charge in [-0.15, -0.1) is 0 Å². The van der Waals surface area contributed by atoms with Gasteiger partial charge in [0.1, 0.15) is 23.2 Å². The second-order valence-corrected chi connectivity index (χ2v) is 7.16. The van der Waals surface area contributed by atoms with Crippen molar-refractivity contribution in [3.05, 3.63) is 35.3 Å². The van der Waals surface area contributed by atoms with Crippen LogP contribution in [0.1, 0.15) is 49.8 Å². The molecule has 0 aliphatic heterocycles. The van der Waals surface area contributed by atoms with E-state index in [-0.39, 0.29) is 5.69 Å².